The molecule has 0 amide bonds. The fourth-order valence-corrected chi connectivity index (χ4v) is 1.85. The molecule has 1 aromatic heterocycles. The van der Waals surface area contributed by atoms with Crippen molar-refractivity contribution in [2.45, 2.75) is 19.4 Å². The fourth-order valence-electron chi connectivity index (χ4n) is 1.09. The zero-order valence-corrected chi connectivity index (χ0v) is 9.12. The number of aliphatic carboxylic acids is 1. The summed E-state index contributed by atoms with van der Waals surface area (Å²) in [4.78, 5) is 16.6. The maximum absolute atomic E-state index is 10.4. The van der Waals surface area contributed by atoms with Crippen molar-refractivity contribution in [3.63, 3.8) is 0 Å². The zero-order chi connectivity index (χ0) is 10.6. The Hall–Kier alpha value is -0.940. The van der Waals surface area contributed by atoms with Gasteiger partial charge in [-0.1, -0.05) is 0 Å². The van der Waals surface area contributed by atoms with E-state index in [9.17, 15) is 4.79 Å². The van der Waals surface area contributed by atoms with Gasteiger partial charge in [-0.05, 0) is 14.0 Å². The third kappa shape index (κ3) is 3.08. The van der Waals surface area contributed by atoms with Crippen LogP contribution in [0, 0.1) is 0 Å². The Balaban J connectivity index is 2.44. The van der Waals surface area contributed by atoms with Crippen molar-refractivity contribution in [2.75, 3.05) is 13.6 Å². The summed E-state index contributed by atoms with van der Waals surface area (Å²) in [6.45, 7) is 2.58. The van der Waals surface area contributed by atoms with Gasteiger partial charge < -0.3 is 5.11 Å². The number of hydrogen-bond acceptors (Lipinski definition) is 4. The van der Waals surface area contributed by atoms with Crippen molar-refractivity contribution < 1.29 is 9.90 Å². The van der Waals surface area contributed by atoms with E-state index in [0.29, 0.717) is 6.54 Å². The van der Waals surface area contributed by atoms with Gasteiger partial charge in [0.25, 0.3) is 0 Å². The molecule has 78 valence electrons. The van der Waals surface area contributed by atoms with Crippen LogP contribution in [-0.4, -0.2) is 34.6 Å². The third-order valence-corrected chi connectivity index (χ3v) is 3.09. The summed E-state index contributed by atoms with van der Waals surface area (Å²) in [7, 11) is 1.91. The lowest BCUT2D eigenvalue weighted by atomic mass is 10.3. The first kappa shape index (κ1) is 11.1. The van der Waals surface area contributed by atoms with Crippen LogP contribution in [-0.2, 0) is 4.79 Å². The van der Waals surface area contributed by atoms with E-state index < -0.39 is 5.97 Å². The zero-order valence-electron chi connectivity index (χ0n) is 8.30. The first-order valence-corrected chi connectivity index (χ1v) is 5.30. The number of thiazole rings is 1. The highest BCUT2D eigenvalue weighted by Gasteiger charge is 2.14. The van der Waals surface area contributed by atoms with Crippen LogP contribution >= 0.6 is 11.3 Å². The minimum absolute atomic E-state index is 0.173. The van der Waals surface area contributed by atoms with Crippen LogP contribution in [0.15, 0.2) is 11.6 Å². The summed E-state index contributed by atoms with van der Waals surface area (Å²) in [6.07, 6.45) is 1.94. The summed E-state index contributed by atoms with van der Waals surface area (Å²) in [5, 5.41) is 11.5. The molecule has 0 spiro atoms. The first-order chi connectivity index (χ1) is 6.61. The lowest BCUT2D eigenvalue weighted by Crippen LogP contribution is -2.25. The molecule has 0 aliphatic heterocycles. The Labute approximate surface area is 87.2 Å². The molecule has 1 unspecified atom stereocenters. The minimum Gasteiger partial charge on any atom is -0.481 e. The molecule has 1 atom stereocenters. The molecule has 0 radical (unpaired) electrons. The van der Waals surface area contributed by atoms with E-state index in [0.717, 1.165) is 5.01 Å². The predicted octanol–water partition coefficient (Wildman–Crippen LogP) is 1.61. The number of aromatic nitrogens is 1. The number of carboxylic acids is 1. The van der Waals surface area contributed by atoms with Gasteiger partial charge in [0.2, 0.25) is 0 Å². The molecule has 0 aliphatic carbocycles. The molecule has 4 nitrogen and oxygen atoms in total. The molecule has 0 bridgehead atoms. The van der Waals surface area contributed by atoms with Crippen LogP contribution in [0.3, 0.4) is 0 Å². The first-order valence-electron chi connectivity index (χ1n) is 4.42. The van der Waals surface area contributed by atoms with Crippen LogP contribution in [0.1, 0.15) is 24.4 Å². The Morgan fingerprint density at radius 2 is 2.50 bits per heavy atom. The quantitative estimate of drug-likeness (QED) is 0.809. The summed E-state index contributed by atoms with van der Waals surface area (Å²) in [5.41, 5.74) is 0. The summed E-state index contributed by atoms with van der Waals surface area (Å²) in [5.74, 6) is -0.761. The highest BCUT2D eigenvalue weighted by molar-refractivity contribution is 7.09. The van der Waals surface area contributed by atoms with Crippen LogP contribution in [0.5, 0.6) is 0 Å². The smallest absolute Gasteiger partial charge is 0.304 e. The molecule has 5 heteroatoms. The molecule has 0 saturated heterocycles. The number of hydrogen-bond donors (Lipinski definition) is 1. The Morgan fingerprint density at radius 1 is 1.79 bits per heavy atom. The van der Waals surface area contributed by atoms with E-state index in [4.69, 9.17) is 5.11 Å². The topological polar surface area (TPSA) is 53.4 Å². The van der Waals surface area contributed by atoms with Crippen LogP contribution in [0.25, 0.3) is 0 Å². The van der Waals surface area contributed by atoms with Crippen LogP contribution in [0.2, 0.25) is 0 Å². The largest absolute Gasteiger partial charge is 0.481 e. The summed E-state index contributed by atoms with van der Waals surface area (Å²) >= 11 is 1.59. The van der Waals surface area contributed by atoms with Gasteiger partial charge >= 0.3 is 5.97 Å². The molecule has 1 N–H and O–H groups in total. The van der Waals surface area contributed by atoms with Crippen LogP contribution < -0.4 is 0 Å². The second-order valence-electron chi connectivity index (χ2n) is 3.17. The molecule has 0 aromatic carbocycles. The van der Waals surface area contributed by atoms with Gasteiger partial charge in [-0.2, -0.15) is 0 Å². The highest BCUT2D eigenvalue weighted by atomic mass is 32.1. The van der Waals surface area contributed by atoms with E-state index in [1.807, 2.05) is 24.3 Å². The lowest BCUT2D eigenvalue weighted by Gasteiger charge is -2.21. The summed E-state index contributed by atoms with van der Waals surface area (Å²) < 4.78 is 0. The van der Waals surface area contributed by atoms with Crippen molar-refractivity contribution in [3.05, 3.63) is 16.6 Å². The Morgan fingerprint density at radius 3 is 3.00 bits per heavy atom. The highest BCUT2D eigenvalue weighted by Crippen LogP contribution is 2.20. The van der Waals surface area contributed by atoms with E-state index in [1.165, 1.54) is 0 Å². The summed E-state index contributed by atoms with van der Waals surface area (Å²) in [6, 6.07) is 0.189. The standard InChI is InChI=1S/C9H14N2O2S/c1-7(9-10-4-6-14-9)11(2)5-3-8(12)13/h4,6-7H,3,5H2,1-2H3,(H,12,13). The molecule has 1 heterocycles. The average Bonchev–Trinajstić information content (AvgIpc) is 2.65. The SMILES string of the molecule is CC(c1nccs1)N(C)CCC(=O)O. The van der Waals surface area contributed by atoms with Gasteiger partial charge in [-0.3, -0.25) is 9.69 Å². The number of nitrogens with zero attached hydrogens (tertiary/aromatic N) is 2. The molecular formula is C9H14N2O2S. The fraction of sp³-hybridized carbons (Fsp3) is 0.556. The van der Waals surface area contributed by atoms with Gasteiger partial charge in [-0.15, -0.1) is 11.3 Å². The monoisotopic (exact) mass is 214 g/mol. The maximum Gasteiger partial charge on any atom is 0.304 e. The minimum atomic E-state index is -0.761. The molecule has 0 saturated carbocycles. The number of carbonyl (C=O) groups is 1. The maximum atomic E-state index is 10.4. The molecule has 1 aromatic rings. The van der Waals surface area contributed by atoms with E-state index >= 15 is 0 Å². The van der Waals surface area contributed by atoms with E-state index in [-0.39, 0.29) is 12.5 Å². The third-order valence-electron chi connectivity index (χ3n) is 2.15. The lowest BCUT2D eigenvalue weighted by molar-refractivity contribution is -0.137. The Bertz CT molecular complexity index is 287. The van der Waals surface area contributed by atoms with Crippen LogP contribution in [0.4, 0.5) is 0 Å². The second kappa shape index (κ2) is 5.07. The molecule has 14 heavy (non-hydrogen) atoms. The van der Waals surface area contributed by atoms with Crippen molar-refractivity contribution >= 4 is 17.3 Å². The predicted molar refractivity (Wildman–Crippen MR) is 55.4 cm³/mol. The van der Waals surface area contributed by atoms with Gasteiger partial charge in [0, 0.05) is 18.1 Å². The number of rotatable bonds is 5. The molecule has 0 aliphatic rings. The van der Waals surface area contributed by atoms with Crippen molar-refractivity contribution in [3.8, 4) is 0 Å². The average molecular weight is 214 g/mol. The van der Waals surface area contributed by atoms with Gasteiger partial charge in [0.05, 0.1) is 12.5 Å². The molecule has 0 fully saturated rings. The van der Waals surface area contributed by atoms with Crippen molar-refractivity contribution in [2.24, 2.45) is 0 Å². The number of carboxylic acid groups (broad SMARTS) is 1. The van der Waals surface area contributed by atoms with Crippen molar-refractivity contribution in [1.82, 2.24) is 9.88 Å². The van der Waals surface area contributed by atoms with Gasteiger partial charge in [-0.25, -0.2) is 4.98 Å². The normalized spacial score (nSPS) is 13.1. The van der Waals surface area contributed by atoms with Gasteiger partial charge in [0.1, 0.15) is 5.01 Å². The molecule has 1 rings (SSSR count). The Kier molecular flexibility index (Phi) is 4.03. The second-order valence-corrected chi connectivity index (χ2v) is 4.10. The van der Waals surface area contributed by atoms with Gasteiger partial charge in [0.15, 0.2) is 0 Å². The van der Waals surface area contributed by atoms with Crippen molar-refractivity contribution in [1.29, 1.82) is 0 Å². The van der Waals surface area contributed by atoms with E-state index in [2.05, 4.69) is 4.98 Å². The van der Waals surface area contributed by atoms with E-state index in [1.54, 1.807) is 17.5 Å². The molecular weight excluding hydrogens is 200 g/mol.